The quantitative estimate of drug-likeness (QED) is 0.425. The van der Waals surface area contributed by atoms with Gasteiger partial charge in [0.1, 0.15) is 0 Å². The molecule has 3 N–H and O–H groups in total. The van der Waals surface area contributed by atoms with Crippen molar-refractivity contribution in [2.45, 2.75) is 64.2 Å². The molecule has 17 heavy (non-hydrogen) atoms. The molecule has 0 amide bonds. The molecule has 0 aromatic carbocycles. The zero-order chi connectivity index (χ0) is 13.1. The van der Waals surface area contributed by atoms with E-state index in [1.807, 2.05) is 0 Å². The van der Waals surface area contributed by atoms with Gasteiger partial charge in [0.15, 0.2) is 0 Å². The molecule has 0 saturated carbocycles. The molecular weight excluding hydrogens is 216 g/mol. The van der Waals surface area contributed by atoms with Gasteiger partial charge in [-0.25, -0.2) is 0 Å². The molecule has 1 saturated heterocycles. The van der Waals surface area contributed by atoms with Crippen LogP contribution in [0.1, 0.15) is 47.0 Å². The minimum atomic E-state index is -0.117. The first kappa shape index (κ1) is 14.9. The van der Waals surface area contributed by atoms with Crippen LogP contribution in [0.5, 0.6) is 0 Å². The highest BCUT2D eigenvalue weighted by atomic mass is 16.5. The Hall–Kier alpha value is -0.160. The monoisotopic (exact) mass is 244 g/mol. The molecule has 2 atom stereocenters. The van der Waals surface area contributed by atoms with Crippen molar-refractivity contribution < 1.29 is 9.47 Å². The summed E-state index contributed by atoms with van der Waals surface area (Å²) >= 11 is 0. The van der Waals surface area contributed by atoms with Gasteiger partial charge in [0.25, 0.3) is 0 Å². The molecule has 2 unspecified atom stereocenters. The Morgan fingerprint density at radius 2 is 2.06 bits per heavy atom. The van der Waals surface area contributed by atoms with Crippen molar-refractivity contribution in [3.05, 3.63) is 0 Å². The summed E-state index contributed by atoms with van der Waals surface area (Å²) in [6.45, 7) is 9.41. The van der Waals surface area contributed by atoms with E-state index in [1.54, 1.807) is 7.11 Å². The van der Waals surface area contributed by atoms with Crippen molar-refractivity contribution in [2.75, 3.05) is 13.7 Å². The Balaban J connectivity index is 2.62. The number of rotatable bonds is 6. The van der Waals surface area contributed by atoms with Crippen LogP contribution < -0.4 is 11.3 Å². The zero-order valence-electron chi connectivity index (χ0n) is 11.9. The summed E-state index contributed by atoms with van der Waals surface area (Å²) in [5.41, 5.74) is 2.79. The molecule has 1 fully saturated rings. The van der Waals surface area contributed by atoms with E-state index in [0.29, 0.717) is 12.0 Å². The lowest BCUT2D eigenvalue weighted by molar-refractivity contribution is -0.0780. The third-order valence-electron chi connectivity index (χ3n) is 3.71. The van der Waals surface area contributed by atoms with Crippen LogP contribution in [0.3, 0.4) is 0 Å². The Morgan fingerprint density at radius 3 is 2.47 bits per heavy atom. The van der Waals surface area contributed by atoms with E-state index in [0.717, 1.165) is 25.9 Å². The SMILES string of the molecule is COCCCC(NN)C1CC(C)(C)OC1(C)C. The van der Waals surface area contributed by atoms with Crippen molar-refractivity contribution in [1.82, 2.24) is 5.43 Å². The average molecular weight is 244 g/mol. The van der Waals surface area contributed by atoms with Gasteiger partial charge < -0.3 is 9.47 Å². The lowest BCUT2D eigenvalue weighted by atomic mass is 9.80. The summed E-state index contributed by atoms with van der Waals surface area (Å²) in [5.74, 6) is 6.14. The van der Waals surface area contributed by atoms with E-state index in [2.05, 4.69) is 33.1 Å². The molecule has 0 radical (unpaired) electrons. The van der Waals surface area contributed by atoms with Crippen molar-refractivity contribution >= 4 is 0 Å². The van der Waals surface area contributed by atoms with Gasteiger partial charge in [0.05, 0.1) is 11.2 Å². The highest BCUT2D eigenvalue weighted by Gasteiger charge is 2.48. The summed E-state index contributed by atoms with van der Waals surface area (Å²) in [6.07, 6.45) is 3.10. The normalized spacial score (nSPS) is 28.2. The number of ether oxygens (including phenoxy) is 2. The molecule has 1 aliphatic rings. The second kappa shape index (κ2) is 5.65. The third-order valence-corrected chi connectivity index (χ3v) is 3.71. The Kier molecular flexibility index (Phi) is 4.95. The summed E-state index contributed by atoms with van der Waals surface area (Å²) in [4.78, 5) is 0. The van der Waals surface area contributed by atoms with E-state index >= 15 is 0 Å². The molecule has 0 aromatic rings. The van der Waals surface area contributed by atoms with Gasteiger partial charge in [-0.2, -0.15) is 0 Å². The van der Waals surface area contributed by atoms with E-state index in [4.69, 9.17) is 15.3 Å². The van der Waals surface area contributed by atoms with Crippen LogP contribution in [0, 0.1) is 5.92 Å². The van der Waals surface area contributed by atoms with E-state index < -0.39 is 0 Å². The first-order valence-electron chi connectivity index (χ1n) is 6.47. The molecule has 1 aliphatic heterocycles. The first-order chi connectivity index (χ1) is 7.82. The zero-order valence-corrected chi connectivity index (χ0v) is 11.9. The van der Waals surface area contributed by atoms with Gasteiger partial charge >= 0.3 is 0 Å². The molecule has 1 heterocycles. The molecule has 0 spiro atoms. The number of hydrazine groups is 1. The molecule has 0 bridgehead atoms. The Morgan fingerprint density at radius 1 is 1.41 bits per heavy atom. The molecule has 0 aliphatic carbocycles. The van der Waals surface area contributed by atoms with Crippen molar-refractivity contribution in [3.63, 3.8) is 0 Å². The molecular formula is C13H28N2O2. The van der Waals surface area contributed by atoms with Crippen LogP contribution in [0.2, 0.25) is 0 Å². The standard InChI is InChI=1S/C13H28N2O2/c1-12(2)9-10(13(3,4)17-12)11(15-14)7-6-8-16-5/h10-11,15H,6-9,14H2,1-5H3. The summed E-state index contributed by atoms with van der Waals surface area (Å²) in [5, 5.41) is 0. The number of hydrogen-bond donors (Lipinski definition) is 2. The van der Waals surface area contributed by atoms with Crippen molar-refractivity contribution in [3.8, 4) is 0 Å². The van der Waals surface area contributed by atoms with Gasteiger partial charge in [0.2, 0.25) is 0 Å². The topological polar surface area (TPSA) is 56.5 Å². The summed E-state index contributed by atoms with van der Waals surface area (Å²) < 4.78 is 11.2. The van der Waals surface area contributed by atoms with Crippen LogP contribution >= 0.6 is 0 Å². The number of methoxy groups -OCH3 is 1. The average Bonchev–Trinajstić information content (AvgIpc) is 2.42. The van der Waals surface area contributed by atoms with Crippen LogP contribution in [-0.4, -0.2) is 31.0 Å². The van der Waals surface area contributed by atoms with E-state index in [9.17, 15) is 0 Å². The highest BCUT2D eigenvalue weighted by Crippen LogP contribution is 2.44. The fourth-order valence-corrected chi connectivity index (χ4v) is 3.08. The third kappa shape index (κ3) is 3.91. The van der Waals surface area contributed by atoms with Gasteiger partial charge in [-0.3, -0.25) is 11.3 Å². The van der Waals surface area contributed by atoms with Gasteiger partial charge in [-0.1, -0.05) is 0 Å². The lowest BCUT2D eigenvalue weighted by Gasteiger charge is -2.32. The highest BCUT2D eigenvalue weighted by molar-refractivity contribution is 4.98. The van der Waals surface area contributed by atoms with Gasteiger partial charge in [-0.05, 0) is 47.0 Å². The fraction of sp³-hybridized carbons (Fsp3) is 1.00. The minimum absolute atomic E-state index is 0.0511. The molecule has 1 rings (SSSR count). The van der Waals surface area contributed by atoms with Crippen molar-refractivity contribution in [1.29, 1.82) is 0 Å². The maximum absolute atomic E-state index is 6.11. The van der Waals surface area contributed by atoms with Crippen LogP contribution in [0.15, 0.2) is 0 Å². The Bertz CT molecular complexity index is 242. The van der Waals surface area contributed by atoms with Crippen LogP contribution in [0.25, 0.3) is 0 Å². The van der Waals surface area contributed by atoms with Gasteiger partial charge in [-0.15, -0.1) is 0 Å². The predicted molar refractivity (Wildman–Crippen MR) is 69.6 cm³/mol. The van der Waals surface area contributed by atoms with E-state index in [1.165, 1.54) is 0 Å². The lowest BCUT2D eigenvalue weighted by Crippen LogP contribution is -2.47. The number of hydrogen-bond acceptors (Lipinski definition) is 4. The molecule has 4 heteroatoms. The number of nitrogens with two attached hydrogens (primary N) is 1. The smallest absolute Gasteiger partial charge is 0.0678 e. The van der Waals surface area contributed by atoms with Crippen LogP contribution in [0.4, 0.5) is 0 Å². The maximum atomic E-state index is 6.11. The molecule has 0 aromatic heterocycles. The summed E-state index contributed by atoms with van der Waals surface area (Å²) in [6, 6.07) is 0.293. The molecule has 102 valence electrons. The summed E-state index contributed by atoms with van der Waals surface area (Å²) in [7, 11) is 1.73. The van der Waals surface area contributed by atoms with Crippen molar-refractivity contribution in [2.24, 2.45) is 11.8 Å². The minimum Gasteiger partial charge on any atom is -0.385 e. The maximum Gasteiger partial charge on any atom is 0.0678 e. The second-order valence-electron chi connectivity index (χ2n) is 6.18. The predicted octanol–water partition coefficient (Wildman–Crippen LogP) is 1.84. The second-order valence-corrected chi connectivity index (χ2v) is 6.18. The Labute approximate surface area is 105 Å². The molecule has 4 nitrogen and oxygen atoms in total. The van der Waals surface area contributed by atoms with Gasteiger partial charge in [0, 0.05) is 25.7 Å². The number of nitrogens with one attached hydrogen (secondary N) is 1. The van der Waals surface area contributed by atoms with Crippen LogP contribution in [-0.2, 0) is 9.47 Å². The van der Waals surface area contributed by atoms with E-state index in [-0.39, 0.29) is 11.2 Å². The largest absolute Gasteiger partial charge is 0.385 e. The fourth-order valence-electron chi connectivity index (χ4n) is 3.08. The first-order valence-corrected chi connectivity index (χ1v) is 6.47.